The average Bonchev–Trinajstić information content (AvgIpc) is 2.64. The highest BCUT2D eigenvalue weighted by Gasteiger charge is 2.31. The number of carbonyl (C=O) groups is 1. The average molecular weight is 400 g/mol. The van der Waals surface area contributed by atoms with Gasteiger partial charge in [0, 0.05) is 11.5 Å². The summed E-state index contributed by atoms with van der Waals surface area (Å²) in [7, 11) is 1.75. The third-order valence-electron chi connectivity index (χ3n) is 4.98. The zero-order valence-corrected chi connectivity index (χ0v) is 15.2. The molecule has 1 aliphatic rings. The summed E-state index contributed by atoms with van der Waals surface area (Å²) < 4.78 is 36.0. The summed E-state index contributed by atoms with van der Waals surface area (Å²) in [5.74, 6) is -1.46. The molecule has 1 aromatic heterocycles. The van der Waals surface area contributed by atoms with Gasteiger partial charge in [-0.05, 0) is 30.3 Å². The Hall–Kier alpha value is -3.25. The lowest BCUT2D eigenvalue weighted by Gasteiger charge is -2.20. The first-order chi connectivity index (χ1) is 13.0. The maximum atomic E-state index is 14.3. The number of hydrogen-bond acceptors (Lipinski definition) is 2. The number of rotatable bonds is 1. The molecule has 0 fully saturated rings. The number of carboxylic acid groups (broad SMARTS) is 1. The Morgan fingerprint density at radius 2 is 1.82 bits per heavy atom. The number of fused-ring (bicyclic) bond motifs is 4. The van der Waals surface area contributed by atoms with E-state index in [1.54, 1.807) is 29.8 Å². The van der Waals surface area contributed by atoms with Crippen LogP contribution in [0.3, 0.4) is 0 Å². The first kappa shape index (κ1) is 18.1. The van der Waals surface area contributed by atoms with Crippen LogP contribution in [0.1, 0.15) is 10.4 Å². The second kappa shape index (κ2) is 6.14. The highest BCUT2D eigenvalue weighted by Crippen LogP contribution is 2.46. The Morgan fingerprint density at radius 1 is 1.04 bits per heavy atom. The van der Waals surface area contributed by atoms with Gasteiger partial charge in [-0.2, -0.15) is 4.57 Å². The molecule has 1 N–H and O–H groups in total. The highest BCUT2D eigenvalue weighted by atomic mass is 35.5. The molecule has 5 rings (SSSR count). The zero-order chi connectivity index (χ0) is 18.9. The molecule has 1 aliphatic heterocycles. The van der Waals surface area contributed by atoms with E-state index in [9.17, 15) is 18.7 Å². The van der Waals surface area contributed by atoms with Gasteiger partial charge < -0.3 is 22.3 Å². The van der Waals surface area contributed by atoms with Gasteiger partial charge in [0.2, 0.25) is 11.2 Å². The molecule has 140 valence electrons. The van der Waals surface area contributed by atoms with Crippen LogP contribution in [0, 0.1) is 11.6 Å². The van der Waals surface area contributed by atoms with Gasteiger partial charge in [0.15, 0.2) is 0 Å². The van der Waals surface area contributed by atoms with Crippen LogP contribution in [-0.2, 0) is 7.05 Å². The number of aromatic nitrogens is 1. The van der Waals surface area contributed by atoms with Crippen LogP contribution in [0.2, 0.25) is 0 Å². The third-order valence-corrected chi connectivity index (χ3v) is 4.98. The Morgan fingerprint density at radius 3 is 2.57 bits per heavy atom. The Bertz CT molecular complexity index is 1320. The number of benzene rings is 3. The molecular formula is C21H12ClF2NO3. The second-order valence-corrected chi connectivity index (χ2v) is 6.48. The first-order valence-electron chi connectivity index (χ1n) is 8.25. The molecule has 0 unspecified atom stereocenters. The van der Waals surface area contributed by atoms with Crippen molar-refractivity contribution in [2.75, 3.05) is 0 Å². The van der Waals surface area contributed by atoms with Gasteiger partial charge in [0.1, 0.15) is 35.7 Å². The van der Waals surface area contributed by atoms with Gasteiger partial charge in [-0.25, -0.2) is 13.6 Å². The molecule has 2 heterocycles. The minimum Gasteiger partial charge on any atom is -1.00 e. The van der Waals surface area contributed by atoms with Gasteiger partial charge in [-0.3, -0.25) is 0 Å². The summed E-state index contributed by atoms with van der Waals surface area (Å²) in [6, 6.07) is 12.2. The summed E-state index contributed by atoms with van der Waals surface area (Å²) in [4.78, 5) is 11.4. The van der Waals surface area contributed by atoms with E-state index >= 15 is 0 Å². The first-order valence-corrected chi connectivity index (χ1v) is 8.25. The fourth-order valence-corrected chi connectivity index (χ4v) is 3.80. The molecular weight excluding hydrogens is 388 g/mol. The molecule has 7 heteroatoms. The van der Waals surface area contributed by atoms with Crippen molar-refractivity contribution in [1.29, 1.82) is 0 Å². The topological polar surface area (TPSA) is 50.4 Å². The third kappa shape index (κ3) is 2.34. The number of carboxylic acids is 1. The molecule has 0 radical (unpaired) electrons. The monoisotopic (exact) mass is 399 g/mol. The van der Waals surface area contributed by atoms with Crippen molar-refractivity contribution in [3.8, 4) is 22.8 Å². The van der Waals surface area contributed by atoms with Crippen LogP contribution >= 0.6 is 0 Å². The normalized spacial score (nSPS) is 11.7. The van der Waals surface area contributed by atoms with Crippen molar-refractivity contribution >= 4 is 27.6 Å². The van der Waals surface area contributed by atoms with Crippen molar-refractivity contribution in [3.63, 3.8) is 0 Å². The number of ether oxygens (including phenoxy) is 1. The smallest absolute Gasteiger partial charge is 0.338 e. The van der Waals surface area contributed by atoms with E-state index in [-0.39, 0.29) is 12.4 Å². The van der Waals surface area contributed by atoms with Gasteiger partial charge in [-0.1, -0.05) is 12.1 Å². The van der Waals surface area contributed by atoms with Crippen LogP contribution in [0.5, 0.6) is 11.5 Å². The highest BCUT2D eigenvalue weighted by molar-refractivity contribution is 6.13. The minimum absolute atomic E-state index is 0. The fourth-order valence-electron chi connectivity index (χ4n) is 3.80. The molecule has 3 aromatic carbocycles. The maximum Gasteiger partial charge on any atom is 0.338 e. The quantitative estimate of drug-likeness (QED) is 0.344. The predicted molar refractivity (Wildman–Crippen MR) is 95.0 cm³/mol. The molecule has 0 spiro atoms. The van der Waals surface area contributed by atoms with Crippen molar-refractivity contribution in [1.82, 2.24) is 0 Å². The summed E-state index contributed by atoms with van der Waals surface area (Å²) in [5, 5.41) is 11.3. The lowest BCUT2D eigenvalue weighted by molar-refractivity contribution is -0.632. The summed E-state index contributed by atoms with van der Waals surface area (Å²) in [6.07, 6.45) is 0. The molecule has 4 aromatic rings. The number of aryl methyl sites for hydroxylation is 1. The van der Waals surface area contributed by atoms with Crippen molar-refractivity contribution in [3.05, 3.63) is 65.7 Å². The molecule has 0 saturated carbocycles. The van der Waals surface area contributed by atoms with E-state index < -0.39 is 23.2 Å². The molecule has 0 aliphatic carbocycles. The molecule has 28 heavy (non-hydrogen) atoms. The zero-order valence-electron chi connectivity index (χ0n) is 14.5. The fraction of sp³-hybridized carbons (Fsp3) is 0.0476. The summed E-state index contributed by atoms with van der Waals surface area (Å²) in [5.41, 5.74) is 1.37. The van der Waals surface area contributed by atoms with Crippen LogP contribution in [0.25, 0.3) is 32.9 Å². The number of nitrogens with zero attached hydrogens (tertiary/aromatic N) is 1. The van der Waals surface area contributed by atoms with Gasteiger partial charge in [0.25, 0.3) is 0 Å². The number of halogens is 3. The summed E-state index contributed by atoms with van der Waals surface area (Å²) in [6.45, 7) is 0. The van der Waals surface area contributed by atoms with Crippen molar-refractivity contribution < 1.29 is 40.4 Å². The molecule has 0 atom stereocenters. The molecule has 4 nitrogen and oxygen atoms in total. The van der Waals surface area contributed by atoms with E-state index in [0.29, 0.717) is 39.0 Å². The molecule has 0 bridgehead atoms. The van der Waals surface area contributed by atoms with E-state index in [1.165, 1.54) is 24.3 Å². The van der Waals surface area contributed by atoms with Gasteiger partial charge in [-0.15, -0.1) is 0 Å². The van der Waals surface area contributed by atoms with Gasteiger partial charge in [0.05, 0.1) is 16.3 Å². The van der Waals surface area contributed by atoms with Crippen LogP contribution < -0.4 is 21.7 Å². The number of hydrogen-bond donors (Lipinski definition) is 1. The minimum atomic E-state index is -1.34. The SMILES string of the molecule is C[n+]1c2c3c(cccc3c3cc(F)c(C(=O)O)cc31)Oc1ccc(F)cc1-2.[Cl-]. The predicted octanol–water partition coefficient (Wildman–Crippen LogP) is 1.57. The van der Waals surface area contributed by atoms with Crippen LogP contribution in [0.15, 0.2) is 48.5 Å². The van der Waals surface area contributed by atoms with Crippen molar-refractivity contribution in [2.24, 2.45) is 7.05 Å². The molecule has 0 saturated heterocycles. The summed E-state index contributed by atoms with van der Waals surface area (Å²) >= 11 is 0. The standard InChI is InChI=1S/C21H11F2NO3.ClH/c1-24-16-9-13(21(25)26)15(23)8-12(16)11-3-2-4-18-19(11)20(24)14-7-10(22)5-6-17(14)27-18;/h2-9H,1H3;1H. The largest absolute Gasteiger partial charge is 1.00 e. The Kier molecular flexibility index (Phi) is 3.97. The molecule has 0 amide bonds. The lowest BCUT2D eigenvalue weighted by Crippen LogP contribution is -3.00. The number of aromatic carboxylic acids is 1. The Balaban J connectivity index is 0.00000192. The van der Waals surface area contributed by atoms with E-state index in [1.807, 2.05) is 6.07 Å². The Labute approximate surface area is 164 Å². The van der Waals surface area contributed by atoms with Crippen molar-refractivity contribution in [2.45, 2.75) is 0 Å². The van der Waals surface area contributed by atoms with E-state index in [4.69, 9.17) is 4.74 Å². The second-order valence-electron chi connectivity index (χ2n) is 6.48. The maximum absolute atomic E-state index is 14.3. The van der Waals surface area contributed by atoms with Gasteiger partial charge >= 0.3 is 5.97 Å². The van der Waals surface area contributed by atoms with E-state index in [2.05, 4.69) is 0 Å². The lowest BCUT2D eigenvalue weighted by atomic mass is 9.95. The van der Waals surface area contributed by atoms with Crippen LogP contribution in [-0.4, -0.2) is 11.1 Å². The van der Waals surface area contributed by atoms with Crippen LogP contribution in [0.4, 0.5) is 8.78 Å². The van der Waals surface area contributed by atoms with E-state index in [0.717, 1.165) is 5.39 Å². The number of pyridine rings is 1.